The third-order valence-electron chi connectivity index (χ3n) is 2.37. The van der Waals surface area contributed by atoms with Crippen LogP contribution in [0.4, 0.5) is 4.79 Å². The highest BCUT2D eigenvalue weighted by molar-refractivity contribution is 7.10. The summed E-state index contributed by atoms with van der Waals surface area (Å²) in [6, 6.07) is 3.92. The molecule has 0 aliphatic carbocycles. The average molecular weight is 282 g/mol. The molecule has 0 spiro atoms. The molecule has 1 heterocycles. The van der Waals surface area contributed by atoms with Crippen molar-refractivity contribution >= 4 is 23.3 Å². The third kappa shape index (κ3) is 6.05. The standard InChI is InChI=1S/C13H18N2O3S/c1-3-6-18-13(17)15-9-11(8-14-10(2)16)12-5-4-7-19-12/h3-5,7,11H,1,6,8-9H2,2H3,(H,14,16)(H,15,17)/t11-/m1/s1. The number of amides is 2. The number of carbonyl (C=O) groups excluding carboxylic acids is 2. The minimum Gasteiger partial charge on any atom is -0.445 e. The first-order valence-electron chi connectivity index (χ1n) is 5.92. The van der Waals surface area contributed by atoms with E-state index in [1.54, 1.807) is 11.3 Å². The van der Waals surface area contributed by atoms with E-state index in [0.717, 1.165) is 4.88 Å². The molecule has 0 radical (unpaired) electrons. The monoisotopic (exact) mass is 282 g/mol. The van der Waals surface area contributed by atoms with Gasteiger partial charge in [-0.25, -0.2) is 4.79 Å². The molecule has 6 heteroatoms. The Balaban J connectivity index is 2.47. The molecule has 0 bridgehead atoms. The zero-order chi connectivity index (χ0) is 14.1. The molecule has 1 atom stereocenters. The maximum absolute atomic E-state index is 11.3. The van der Waals surface area contributed by atoms with Crippen molar-refractivity contribution in [2.45, 2.75) is 12.8 Å². The van der Waals surface area contributed by atoms with Crippen molar-refractivity contribution in [2.75, 3.05) is 19.7 Å². The first kappa shape index (κ1) is 15.2. The van der Waals surface area contributed by atoms with Crippen LogP contribution in [-0.4, -0.2) is 31.7 Å². The molecule has 1 aromatic rings. The molecule has 0 aliphatic rings. The second-order valence-corrected chi connectivity index (χ2v) is 4.90. The topological polar surface area (TPSA) is 67.4 Å². The van der Waals surface area contributed by atoms with Crippen LogP contribution in [0.1, 0.15) is 17.7 Å². The minimum absolute atomic E-state index is 0.0418. The molecule has 0 saturated carbocycles. The van der Waals surface area contributed by atoms with Gasteiger partial charge in [-0.05, 0) is 11.4 Å². The average Bonchev–Trinajstić information content (AvgIpc) is 2.89. The van der Waals surface area contributed by atoms with E-state index in [1.165, 1.54) is 13.0 Å². The SMILES string of the molecule is C=CCOC(=O)NC[C@@H](CNC(C)=O)c1cccs1. The number of thiophene rings is 1. The van der Waals surface area contributed by atoms with E-state index in [1.807, 2.05) is 17.5 Å². The second kappa shape index (κ2) is 8.31. The highest BCUT2D eigenvalue weighted by Gasteiger charge is 2.14. The lowest BCUT2D eigenvalue weighted by atomic mass is 10.1. The summed E-state index contributed by atoms with van der Waals surface area (Å²) in [6.07, 6.45) is 1.03. The lowest BCUT2D eigenvalue weighted by Crippen LogP contribution is -2.34. The Kier molecular flexibility index (Phi) is 6.67. The summed E-state index contributed by atoms with van der Waals surface area (Å²) in [7, 11) is 0. The smallest absolute Gasteiger partial charge is 0.407 e. The fourth-order valence-corrected chi connectivity index (χ4v) is 2.29. The summed E-state index contributed by atoms with van der Waals surface area (Å²) >= 11 is 1.59. The van der Waals surface area contributed by atoms with Gasteiger partial charge in [-0.3, -0.25) is 4.79 Å². The molecule has 1 rings (SSSR count). The van der Waals surface area contributed by atoms with Crippen molar-refractivity contribution in [1.29, 1.82) is 0 Å². The molecule has 0 unspecified atom stereocenters. The number of ether oxygens (including phenoxy) is 1. The molecule has 1 aromatic heterocycles. The Morgan fingerprint density at radius 3 is 2.79 bits per heavy atom. The van der Waals surface area contributed by atoms with E-state index in [4.69, 9.17) is 4.74 Å². The Morgan fingerprint density at radius 1 is 1.47 bits per heavy atom. The summed E-state index contributed by atoms with van der Waals surface area (Å²) in [5, 5.41) is 7.40. The van der Waals surface area contributed by atoms with Crippen molar-refractivity contribution in [3.8, 4) is 0 Å². The van der Waals surface area contributed by atoms with Gasteiger partial charge in [0.2, 0.25) is 5.91 Å². The number of carbonyl (C=O) groups is 2. The van der Waals surface area contributed by atoms with Crippen LogP contribution in [-0.2, 0) is 9.53 Å². The van der Waals surface area contributed by atoms with Gasteiger partial charge in [-0.2, -0.15) is 0 Å². The summed E-state index contributed by atoms with van der Waals surface area (Å²) < 4.78 is 4.83. The van der Waals surface area contributed by atoms with E-state index in [0.29, 0.717) is 13.1 Å². The van der Waals surface area contributed by atoms with Crippen LogP contribution in [0.2, 0.25) is 0 Å². The third-order valence-corrected chi connectivity index (χ3v) is 3.40. The maximum atomic E-state index is 11.3. The fourth-order valence-electron chi connectivity index (χ4n) is 1.46. The quantitative estimate of drug-likeness (QED) is 0.750. The Morgan fingerprint density at radius 2 is 2.21 bits per heavy atom. The van der Waals surface area contributed by atoms with Crippen LogP contribution in [0, 0.1) is 0 Å². The van der Waals surface area contributed by atoms with E-state index in [-0.39, 0.29) is 18.4 Å². The van der Waals surface area contributed by atoms with Gasteiger partial charge in [0.05, 0.1) is 0 Å². The number of nitrogens with one attached hydrogen (secondary N) is 2. The molecular formula is C13H18N2O3S. The van der Waals surface area contributed by atoms with Crippen LogP contribution in [0.5, 0.6) is 0 Å². The second-order valence-electron chi connectivity index (χ2n) is 3.92. The zero-order valence-electron chi connectivity index (χ0n) is 10.8. The van der Waals surface area contributed by atoms with Crippen LogP contribution < -0.4 is 10.6 Å². The molecule has 0 saturated heterocycles. The van der Waals surface area contributed by atoms with Gasteiger partial charge >= 0.3 is 6.09 Å². The summed E-state index contributed by atoms with van der Waals surface area (Å²) in [5.41, 5.74) is 0. The number of hydrogen-bond acceptors (Lipinski definition) is 4. The first-order valence-corrected chi connectivity index (χ1v) is 6.80. The van der Waals surface area contributed by atoms with Gasteiger partial charge < -0.3 is 15.4 Å². The van der Waals surface area contributed by atoms with Gasteiger partial charge in [0.25, 0.3) is 0 Å². The highest BCUT2D eigenvalue weighted by Crippen LogP contribution is 2.20. The zero-order valence-corrected chi connectivity index (χ0v) is 11.7. The van der Waals surface area contributed by atoms with Crippen molar-refractivity contribution in [3.63, 3.8) is 0 Å². The van der Waals surface area contributed by atoms with Crippen LogP contribution in [0.25, 0.3) is 0 Å². The summed E-state index contributed by atoms with van der Waals surface area (Å²) in [4.78, 5) is 23.4. The molecule has 104 valence electrons. The van der Waals surface area contributed by atoms with E-state index < -0.39 is 6.09 Å². The predicted octanol–water partition coefficient (Wildman–Crippen LogP) is 1.88. The van der Waals surface area contributed by atoms with E-state index in [9.17, 15) is 9.59 Å². The Bertz CT molecular complexity index is 418. The maximum Gasteiger partial charge on any atom is 0.407 e. The lowest BCUT2D eigenvalue weighted by Gasteiger charge is -2.16. The molecule has 0 fully saturated rings. The predicted molar refractivity (Wildman–Crippen MR) is 75.3 cm³/mol. The van der Waals surface area contributed by atoms with Gasteiger partial charge in [-0.15, -0.1) is 11.3 Å². The van der Waals surface area contributed by atoms with Crippen LogP contribution in [0.3, 0.4) is 0 Å². The molecule has 5 nitrogen and oxygen atoms in total. The van der Waals surface area contributed by atoms with E-state index in [2.05, 4.69) is 17.2 Å². The molecule has 19 heavy (non-hydrogen) atoms. The van der Waals surface area contributed by atoms with Gasteiger partial charge in [0.1, 0.15) is 6.61 Å². The van der Waals surface area contributed by atoms with Gasteiger partial charge in [0, 0.05) is 30.8 Å². The summed E-state index contributed by atoms with van der Waals surface area (Å²) in [6.45, 7) is 6.01. The van der Waals surface area contributed by atoms with Crippen LogP contribution >= 0.6 is 11.3 Å². The van der Waals surface area contributed by atoms with Crippen molar-refractivity contribution in [2.24, 2.45) is 0 Å². The van der Waals surface area contributed by atoms with Gasteiger partial charge in [-0.1, -0.05) is 18.7 Å². The highest BCUT2D eigenvalue weighted by atomic mass is 32.1. The molecule has 0 aliphatic heterocycles. The van der Waals surface area contributed by atoms with Crippen molar-refractivity contribution < 1.29 is 14.3 Å². The molecule has 2 amide bonds. The summed E-state index contributed by atoms with van der Waals surface area (Å²) in [5.74, 6) is -0.0454. The van der Waals surface area contributed by atoms with Crippen molar-refractivity contribution in [1.82, 2.24) is 10.6 Å². The Labute approximate surface area is 116 Å². The first-order chi connectivity index (χ1) is 9.13. The number of alkyl carbamates (subject to hydrolysis) is 1. The number of rotatable bonds is 7. The molecule has 2 N–H and O–H groups in total. The largest absolute Gasteiger partial charge is 0.445 e. The lowest BCUT2D eigenvalue weighted by molar-refractivity contribution is -0.119. The molecular weight excluding hydrogens is 264 g/mol. The van der Waals surface area contributed by atoms with E-state index >= 15 is 0 Å². The Hall–Kier alpha value is -1.82. The molecule has 0 aromatic carbocycles. The van der Waals surface area contributed by atoms with Crippen LogP contribution in [0.15, 0.2) is 30.2 Å². The normalized spacial score (nSPS) is 11.4. The fraction of sp³-hybridized carbons (Fsp3) is 0.385. The van der Waals surface area contributed by atoms with Gasteiger partial charge in [0.15, 0.2) is 0 Å². The number of hydrogen-bond donors (Lipinski definition) is 2. The minimum atomic E-state index is -0.482. The van der Waals surface area contributed by atoms with Crippen molar-refractivity contribution in [3.05, 3.63) is 35.0 Å².